The highest BCUT2D eigenvalue weighted by Crippen LogP contribution is 2.27. The number of hydrogen-bond acceptors (Lipinski definition) is 7. The van der Waals surface area contributed by atoms with Crippen LogP contribution >= 0.6 is 0 Å². The molecule has 19 heavy (non-hydrogen) atoms. The van der Waals surface area contributed by atoms with Crippen LogP contribution in [0.25, 0.3) is 0 Å². The van der Waals surface area contributed by atoms with Gasteiger partial charge in [0.2, 0.25) is 0 Å². The van der Waals surface area contributed by atoms with Gasteiger partial charge in [-0.3, -0.25) is 10.1 Å². The van der Waals surface area contributed by atoms with E-state index in [9.17, 15) is 10.1 Å². The summed E-state index contributed by atoms with van der Waals surface area (Å²) in [5, 5.41) is 22.9. The van der Waals surface area contributed by atoms with Gasteiger partial charge >= 0.3 is 5.69 Å². The molecule has 1 atom stereocenters. The third-order valence-corrected chi connectivity index (χ3v) is 2.60. The van der Waals surface area contributed by atoms with Gasteiger partial charge in [-0.15, -0.1) is 0 Å². The molecule has 1 unspecified atom stereocenters. The zero-order valence-corrected chi connectivity index (χ0v) is 10.0. The second-order valence-corrected chi connectivity index (χ2v) is 3.89. The first kappa shape index (κ1) is 13.2. The molecule has 1 saturated heterocycles. The minimum Gasteiger partial charge on any atom is -0.470 e. The number of nitrogens with zero attached hydrogens (tertiary/aromatic N) is 3. The predicted octanol–water partition coefficient (Wildman–Crippen LogP) is 0.229. The lowest BCUT2D eigenvalue weighted by Gasteiger charge is -2.23. The maximum absolute atomic E-state index is 10.9. The quantitative estimate of drug-likeness (QED) is 0.612. The van der Waals surface area contributed by atoms with E-state index >= 15 is 0 Å². The molecule has 1 aliphatic rings. The summed E-state index contributed by atoms with van der Waals surface area (Å²) in [4.78, 5) is 14.1. The molecule has 0 aliphatic carbocycles. The van der Waals surface area contributed by atoms with Crippen molar-refractivity contribution in [2.75, 3.05) is 26.3 Å². The number of morpholine rings is 1. The molecule has 0 bridgehead atoms. The van der Waals surface area contributed by atoms with E-state index in [1.165, 1.54) is 12.3 Å². The van der Waals surface area contributed by atoms with Crippen LogP contribution in [0.1, 0.15) is 5.56 Å². The molecule has 1 aromatic rings. The second-order valence-electron chi connectivity index (χ2n) is 3.89. The fourth-order valence-corrected chi connectivity index (χ4v) is 1.71. The summed E-state index contributed by atoms with van der Waals surface area (Å²) in [5.41, 5.74) is -0.480. The highest BCUT2D eigenvalue weighted by atomic mass is 16.6. The van der Waals surface area contributed by atoms with Gasteiger partial charge in [0.25, 0.3) is 5.88 Å². The normalized spacial score (nSPS) is 18.6. The number of nitro groups is 1. The summed E-state index contributed by atoms with van der Waals surface area (Å²) >= 11 is 0. The highest BCUT2D eigenvalue weighted by molar-refractivity contribution is 5.54. The molecule has 0 saturated carbocycles. The first-order valence-corrected chi connectivity index (χ1v) is 5.71. The van der Waals surface area contributed by atoms with Gasteiger partial charge in [0, 0.05) is 19.3 Å². The zero-order chi connectivity index (χ0) is 13.7. The number of ether oxygens (including phenoxy) is 2. The first-order chi connectivity index (χ1) is 9.22. The van der Waals surface area contributed by atoms with Crippen molar-refractivity contribution in [3.8, 4) is 11.9 Å². The van der Waals surface area contributed by atoms with Crippen LogP contribution in [0.5, 0.6) is 5.88 Å². The van der Waals surface area contributed by atoms with Crippen molar-refractivity contribution in [2.45, 2.75) is 6.10 Å². The molecule has 0 spiro atoms. The van der Waals surface area contributed by atoms with E-state index in [1.807, 2.05) is 0 Å². The molecule has 2 rings (SSSR count). The van der Waals surface area contributed by atoms with E-state index < -0.39 is 10.6 Å². The van der Waals surface area contributed by atoms with Crippen LogP contribution < -0.4 is 10.1 Å². The molecule has 100 valence electrons. The third kappa shape index (κ3) is 3.15. The molecule has 0 aromatic carbocycles. The average molecular weight is 264 g/mol. The maximum atomic E-state index is 10.9. The van der Waals surface area contributed by atoms with Crippen molar-refractivity contribution in [1.29, 1.82) is 5.26 Å². The highest BCUT2D eigenvalue weighted by Gasteiger charge is 2.24. The Morgan fingerprint density at radius 2 is 2.58 bits per heavy atom. The SMILES string of the molecule is N#Cc1ccnc(OCC2CNCCO2)c1[N+](=O)[O-]. The molecule has 0 amide bonds. The van der Waals surface area contributed by atoms with Crippen LogP contribution in [0, 0.1) is 21.4 Å². The van der Waals surface area contributed by atoms with Gasteiger partial charge < -0.3 is 14.8 Å². The molecule has 0 radical (unpaired) electrons. The fourth-order valence-electron chi connectivity index (χ4n) is 1.71. The van der Waals surface area contributed by atoms with Crippen LogP contribution in [0.2, 0.25) is 0 Å². The number of nitrogens with one attached hydrogen (secondary N) is 1. The molecule has 2 heterocycles. The molecule has 1 aliphatic heterocycles. The van der Waals surface area contributed by atoms with Crippen LogP contribution in [0.3, 0.4) is 0 Å². The van der Waals surface area contributed by atoms with Gasteiger partial charge in [-0.05, 0) is 6.07 Å². The van der Waals surface area contributed by atoms with Gasteiger partial charge in [-0.1, -0.05) is 0 Å². The number of pyridine rings is 1. The van der Waals surface area contributed by atoms with Gasteiger partial charge in [-0.25, -0.2) is 4.98 Å². The molecule has 1 aromatic heterocycles. The van der Waals surface area contributed by atoms with Gasteiger partial charge in [0.05, 0.1) is 11.5 Å². The van der Waals surface area contributed by atoms with E-state index in [-0.39, 0.29) is 24.2 Å². The Morgan fingerprint density at radius 1 is 1.74 bits per heavy atom. The molecule has 8 heteroatoms. The fraction of sp³-hybridized carbons (Fsp3) is 0.455. The van der Waals surface area contributed by atoms with Gasteiger partial charge in [-0.2, -0.15) is 5.26 Å². The topological polar surface area (TPSA) is 110 Å². The van der Waals surface area contributed by atoms with Crippen LogP contribution in [0.15, 0.2) is 12.3 Å². The summed E-state index contributed by atoms with van der Waals surface area (Å²) in [6.07, 6.45) is 1.13. The summed E-state index contributed by atoms with van der Waals surface area (Å²) in [6, 6.07) is 3.03. The van der Waals surface area contributed by atoms with Crippen molar-refractivity contribution >= 4 is 5.69 Å². The van der Waals surface area contributed by atoms with Gasteiger partial charge in [0.15, 0.2) is 0 Å². The number of hydrogen-bond donors (Lipinski definition) is 1. The molecular weight excluding hydrogens is 252 g/mol. The minimum atomic E-state index is -0.666. The molecule has 1 fully saturated rings. The Morgan fingerprint density at radius 3 is 3.21 bits per heavy atom. The smallest absolute Gasteiger partial charge is 0.348 e. The number of nitriles is 1. The zero-order valence-electron chi connectivity index (χ0n) is 10.0. The lowest BCUT2D eigenvalue weighted by Crippen LogP contribution is -2.41. The van der Waals surface area contributed by atoms with Crippen LogP contribution in [-0.4, -0.2) is 42.3 Å². The van der Waals surface area contributed by atoms with Crippen molar-refractivity contribution in [1.82, 2.24) is 10.3 Å². The summed E-state index contributed by atoms with van der Waals surface area (Å²) < 4.78 is 10.7. The van der Waals surface area contributed by atoms with Crippen molar-refractivity contribution in [3.05, 3.63) is 27.9 Å². The maximum Gasteiger partial charge on any atom is 0.348 e. The Bertz CT molecular complexity index is 508. The van der Waals surface area contributed by atoms with E-state index in [4.69, 9.17) is 14.7 Å². The Hall–Kier alpha value is -2.24. The number of rotatable bonds is 4. The molecule has 8 nitrogen and oxygen atoms in total. The summed E-state index contributed by atoms with van der Waals surface area (Å²) in [6.45, 7) is 2.11. The van der Waals surface area contributed by atoms with Crippen LogP contribution in [-0.2, 0) is 4.74 Å². The Balaban J connectivity index is 2.11. The van der Waals surface area contributed by atoms with E-state index in [1.54, 1.807) is 6.07 Å². The average Bonchev–Trinajstić information content (AvgIpc) is 2.45. The standard InChI is InChI=1S/C11H12N4O4/c12-5-8-1-2-14-11(10(8)15(16)17)19-7-9-6-13-3-4-18-9/h1-2,9,13H,3-4,6-7H2. The van der Waals surface area contributed by atoms with E-state index in [0.29, 0.717) is 13.2 Å². The van der Waals surface area contributed by atoms with E-state index in [2.05, 4.69) is 10.3 Å². The lowest BCUT2D eigenvalue weighted by molar-refractivity contribution is -0.386. The van der Waals surface area contributed by atoms with Crippen molar-refractivity contribution < 1.29 is 14.4 Å². The largest absolute Gasteiger partial charge is 0.470 e. The first-order valence-electron chi connectivity index (χ1n) is 5.71. The monoisotopic (exact) mass is 264 g/mol. The molecule has 1 N–H and O–H groups in total. The Labute approximate surface area is 109 Å². The van der Waals surface area contributed by atoms with E-state index in [0.717, 1.165) is 6.54 Å². The third-order valence-electron chi connectivity index (χ3n) is 2.60. The Kier molecular flexibility index (Phi) is 4.22. The second kappa shape index (κ2) is 6.08. The van der Waals surface area contributed by atoms with Crippen molar-refractivity contribution in [2.24, 2.45) is 0 Å². The van der Waals surface area contributed by atoms with Crippen molar-refractivity contribution in [3.63, 3.8) is 0 Å². The predicted molar refractivity (Wildman–Crippen MR) is 63.7 cm³/mol. The minimum absolute atomic E-state index is 0.0716. The van der Waals surface area contributed by atoms with Gasteiger partial charge in [0.1, 0.15) is 24.3 Å². The summed E-state index contributed by atoms with van der Waals surface area (Å²) in [7, 11) is 0. The summed E-state index contributed by atoms with van der Waals surface area (Å²) in [5.74, 6) is -0.154. The number of aromatic nitrogens is 1. The molecular formula is C11H12N4O4. The lowest BCUT2D eigenvalue weighted by atomic mass is 10.2. The van der Waals surface area contributed by atoms with Crippen LogP contribution in [0.4, 0.5) is 5.69 Å².